The summed E-state index contributed by atoms with van der Waals surface area (Å²) in [6.45, 7) is 4.23. The predicted octanol–water partition coefficient (Wildman–Crippen LogP) is 3.51. The molecule has 3 unspecified atom stereocenters. The summed E-state index contributed by atoms with van der Waals surface area (Å²) >= 11 is 3.11. The fourth-order valence-electron chi connectivity index (χ4n) is 3.62. The molecule has 7 heteroatoms. The molecule has 2 amide bonds. The fraction of sp³-hybridized carbons (Fsp3) is 0.706. The fourth-order valence-corrected chi connectivity index (χ4v) is 5.46. The van der Waals surface area contributed by atoms with Gasteiger partial charge in [-0.2, -0.15) is 0 Å². The van der Waals surface area contributed by atoms with Crippen LogP contribution in [0.15, 0.2) is 6.20 Å². The molecule has 2 fully saturated rings. The number of carbonyl (C=O) groups excluding carboxylic acids is 2. The Bertz CT molecular complexity index is 604. The zero-order chi connectivity index (χ0) is 17.1. The van der Waals surface area contributed by atoms with Gasteiger partial charge in [0.15, 0.2) is 5.13 Å². The van der Waals surface area contributed by atoms with Crippen LogP contribution in [-0.2, 0) is 9.59 Å². The van der Waals surface area contributed by atoms with Crippen molar-refractivity contribution in [2.45, 2.75) is 52.0 Å². The number of nitrogens with one attached hydrogen (secondary N) is 1. The molecule has 132 valence electrons. The second kappa shape index (κ2) is 7.87. The van der Waals surface area contributed by atoms with Crippen molar-refractivity contribution in [3.8, 4) is 0 Å². The molecule has 1 aromatic rings. The Balaban J connectivity index is 1.57. The van der Waals surface area contributed by atoms with Crippen molar-refractivity contribution in [3.63, 3.8) is 0 Å². The summed E-state index contributed by atoms with van der Waals surface area (Å²) in [6.07, 6.45) is 7.12. The third kappa shape index (κ3) is 4.30. The standard InChI is InChI=1S/C17H25N3O2S2/c1-11-4-3-5-13(6-11)7-15(21)20-10-23-9-14(20)16(22)19-17-18-8-12(2)24-17/h8,11,13-14H,3-7,9-10H2,1-2H3,(H,18,19,22). The van der Waals surface area contributed by atoms with Gasteiger partial charge >= 0.3 is 0 Å². The lowest BCUT2D eigenvalue weighted by Crippen LogP contribution is -2.45. The van der Waals surface area contributed by atoms with E-state index in [0.717, 1.165) is 23.6 Å². The number of rotatable bonds is 4. The van der Waals surface area contributed by atoms with E-state index in [-0.39, 0.29) is 17.9 Å². The SMILES string of the molecule is Cc1cnc(NC(=O)C2CSCN2C(=O)CC2CCCC(C)C2)s1. The van der Waals surface area contributed by atoms with E-state index in [1.54, 1.807) is 22.9 Å². The van der Waals surface area contributed by atoms with Crippen LogP contribution in [0.25, 0.3) is 0 Å². The third-order valence-electron chi connectivity index (χ3n) is 4.87. The van der Waals surface area contributed by atoms with Crippen LogP contribution in [0.5, 0.6) is 0 Å². The van der Waals surface area contributed by atoms with Crippen LogP contribution in [0.1, 0.15) is 43.9 Å². The molecule has 2 heterocycles. The molecule has 0 aromatic carbocycles. The molecule has 1 aliphatic heterocycles. The molecule has 0 radical (unpaired) electrons. The summed E-state index contributed by atoms with van der Waals surface area (Å²) in [6, 6.07) is -0.368. The Labute approximate surface area is 151 Å². The Hall–Kier alpha value is -1.08. The van der Waals surface area contributed by atoms with Crippen molar-refractivity contribution in [1.82, 2.24) is 9.88 Å². The number of aromatic nitrogens is 1. The Morgan fingerprint density at radius 3 is 2.96 bits per heavy atom. The minimum absolute atomic E-state index is 0.111. The van der Waals surface area contributed by atoms with Gasteiger partial charge in [0.1, 0.15) is 6.04 Å². The van der Waals surface area contributed by atoms with Gasteiger partial charge in [-0.05, 0) is 31.6 Å². The lowest BCUT2D eigenvalue weighted by Gasteiger charge is -2.29. The highest BCUT2D eigenvalue weighted by Crippen LogP contribution is 2.32. The Kier molecular flexibility index (Phi) is 5.81. The second-order valence-corrected chi connectivity index (χ2v) is 9.22. The summed E-state index contributed by atoms with van der Waals surface area (Å²) in [4.78, 5) is 32.2. The highest BCUT2D eigenvalue weighted by atomic mass is 32.2. The monoisotopic (exact) mass is 367 g/mol. The molecule has 0 bridgehead atoms. The first-order chi connectivity index (χ1) is 11.5. The lowest BCUT2D eigenvalue weighted by molar-refractivity contribution is -0.137. The largest absolute Gasteiger partial charge is 0.321 e. The summed E-state index contributed by atoms with van der Waals surface area (Å²) in [7, 11) is 0. The van der Waals surface area contributed by atoms with Crippen LogP contribution in [-0.4, -0.2) is 39.4 Å². The topological polar surface area (TPSA) is 62.3 Å². The number of aryl methyl sites for hydroxylation is 1. The molecule has 3 atom stereocenters. The van der Waals surface area contributed by atoms with Gasteiger partial charge in [-0.25, -0.2) is 4.98 Å². The number of carbonyl (C=O) groups is 2. The number of anilines is 1. The molecule has 0 spiro atoms. The van der Waals surface area contributed by atoms with Gasteiger partial charge in [-0.1, -0.05) is 19.8 Å². The first-order valence-corrected chi connectivity index (χ1v) is 10.6. The maximum Gasteiger partial charge on any atom is 0.249 e. The molecule has 24 heavy (non-hydrogen) atoms. The molecule has 1 aliphatic carbocycles. The van der Waals surface area contributed by atoms with Gasteiger partial charge < -0.3 is 10.2 Å². The van der Waals surface area contributed by atoms with Gasteiger partial charge in [-0.15, -0.1) is 23.1 Å². The first kappa shape index (κ1) is 17.7. The maximum atomic E-state index is 12.7. The minimum atomic E-state index is -0.368. The van der Waals surface area contributed by atoms with Gasteiger partial charge in [0, 0.05) is 23.2 Å². The summed E-state index contributed by atoms with van der Waals surface area (Å²) in [5.74, 6) is 2.52. The van der Waals surface area contributed by atoms with Crippen LogP contribution in [0.3, 0.4) is 0 Å². The van der Waals surface area contributed by atoms with Crippen molar-refractivity contribution in [1.29, 1.82) is 0 Å². The Morgan fingerprint density at radius 1 is 1.42 bits per heavy atom. The van der Waals surface area contributed by atoms with Gasteiger partial charge in [0.2, 0.25) is 11.8 Å². The summed E-state index contributed by atoms with van der Waals surface area (Å²) in [5.41, 5.74) is 0. The Morgan fingerprint density at radius 2 is 2.25 bits per heavy atom. The number of amides is 2. The quantitative estimate of drug-likeness (QED) is 0.885. The van der Waals surface area contributed by atoms with Gasteiger partial charge in [0.05, 0.1) is 5.88 Å². The van der Waals surface area contributed by atoms with E-state index in [2.05, 4.69) is 17.2 Å². The highest BCUT2D eigenvalue weighted by molar-refractivity contribution is 7.99. The number of nitrogens with zero attached hydrogens (tertiary/aromatic N) is 2. The highest BCUT2D eigenvalue weighted by Gasteiger charge is 2.36. The van der Waals surface area contributed by atoms with Crippen LogP contribution >= 0.6 is 23.1 Å². The average Bonchev–Trinajstić information content (AvgIpc) is 3.16. The molecule has 1 N–H and O–H groups in total. The predicted molar refractivity (Wildman–Crippen MR) is 99.2 cm³/mol. The number of hydrogen-bond donors (Lipinski definition) is 1. The molecule has 1 saturated heterocycles. The van der Waals surface area contributed by atoms with Crippen molar-refractivity contribution in [2.75, 3.05) is 16.9 Å². The number of thiazole rings is 1. The van der Waals surface area contributed by atoms with E-state index in [9.17, 15) is 9.59 Å². The summed E-state index contributed by atoms with van der Waals surface area (Å²) < 4.78 is 0. The molecule has 5 nitrogen and oxygen atoms in total. The molecule has 1 saturated carbocycles. The van der Waals surface area contributed by atoms with Crippen LogP contribution in [0.4, 0.5) is 5.13 Å². The summed E-state index contributed by atoms with van der Waals surface area (Å²) in [5, 5.41) is 3.48. The normalized spacial score (nSPS) is 27.2. The van der Waals surface area contributed by atoms with Crippen molar-refractivity contribution < 1.29 is 9.59 Å². The van der Waals surface area contributed by atoms with E-state index >= 15 is 0 Å². The van der Waals surface area contributed by atoms with E-state index in [0.29, 0.717) is 29.1 Å². The second-order valence-electron chi connectivity index (χ2n) is 6.99. The molecular formula is C17H25N3O2S2. The smallest absolute Gasteiger partial charge is 0.249 e. The van der Waals surface area contributed by atoms with E-state index in [1.165, 1.54) is 24.2 Å². The van der Waals surface area contributed by atoms with E-state index in [4.69, 9.17) is 0 Å². The van der Waals surface area contributed by atoms with Gasteiger partial charge in [-0.3, -0.25) is 9.59 Å². The van der Waals surface area contributed by atoms with Crippen molar-refractivity contribution >= 4 is 40.0 Å². The molecular weight excluding hydrogens is 342 g/mol. The molecule has 1 aromatic heterocycles. The van der Waals surface area contributed by atoms with Crippen LogP contribution in [0.2, 0.25) is 0 Å². The zero-order valence-electron chi connectivity index (χ0n) is 14.3. The van der Waals surface area contributed by atoms with E-state index in [1.807, 2.05) is 6.92 Å². The minimum Gasteiger partial charge on any atom is -0.321 e. The molecule has 2 aliphatic rings. The number of hydrogen-bond acceptors (Lipinski definition) is 5. The van der Waals surface area contributed by atoms with Crippen molar-refractivity contribution in [3.05, 3.63) is 11.1 Å². The maximum absolute atomic E-state index is 12.7. The van der Waals surface area contributed by atoms with Crippen LogP contribution in [0, 0.1) is 18.8 Å². The van der Waals surface area contributed by atoms with E-state index < -0.39 is 0 Å². The average molecular weight is 368 g/mol. The number of thioether (sulfide) groups is 1. The van der Waals surface area contributed by atoms with Crippen LogP contribution < -0.4 is 5.32 Å². The van der Waals surface area contributed by atoms with Crippen molar-refractivity contribution in [2.24, 2.45) is 11.8 Å². The zero-order valence-corrected chi connectivity index (χ0v) is 15.9. The van der Waals surface area contributed by atoms with Gasteiger partial charge in [0.25, 0.3) is 0 Å². The first-order valence-electron chi connectivity index (χ1n) is 8.63. The third-order valence-corrected chi connectivity index (χ3v) is 6.71. The lowest BCUT2D eigenvalue weighted by atomic mass is 9.80. The molecule has 3 rings (SSSR count).